The van der Waals surface area contributed by atoms with E-state index in [-0.39, 0.29) is 11.2 Å². The summed E-state index contributed by atoms with van der Waals surface area (Å²) in [4.78, 5) is 3.44. The SMILES string of the molecule is FC(F)(F)c1nsc(NC2CCCC2CCl)n1. The minimum absolute atomic E-state index is 0.113. The quantitative estimate of drug-likeness (QED) is 0.865. The summed E-state index contributed by atoms with van der Waals surface area (Å²) in [5.74, 6) is -0.261. The summed E-state index contributed by atoms with van der Waals surface area (Å²) in [5.41, 5.74) is 0. The van der Waals surface area contributed by atoms with Crippen molar-refractivity contribution in [2.75, 3.05) is 11.2 Å². The first-order valence-electron chi connectivity index (χ1n) is 5.24. The van der Waals surface area contributed by atoms with Crippen LogP contribution in [0.5, 0.6) is 0 Å². The van der Waals surface area contributed by atoms with Crippen LogP contribution < -0.4 is 5.32 Å². The number of nitrogens with one attached hydrogen (secondary N) is 1. The summed E-state index contributed by atoms with van der Waals surface area (Å²) in [5, 5.41) is 3.22. The van der Waals surface area contributed by atoms with Crippen molar-refractivity contribution in [3.05, 3.63) is 5.82 Å². The zero-order chi connectivity index (χ0) is 12.5. The lowest BCUT2D eigenvalue weighted by Gasteiger charge is -2.17. The van der Waals surface area contributed by atoms with E-state index in [0.717, 1.165) is 30.8 Å². The van der Waals surface area contributed by atoms with Crippen molar-refractivity contribution in [3.63, 3.8) is 0 Å². The van der Waals surface area contributed by atoms with E-state index < -0.39 is 12.0 Å². The molecule has 0 aliphatic heterocycles. The Hall–Kier alpha value is -0.560. The van der Waals surface area contributed by atoms with E-state index in [4.69, 9.17) is 11.6 Å². The molecule has 1 aromatic heterocycles. The Morgan fingerprint density at radius 3 is 2.76 bits per heavy atom. The van der Waals surface area contributed by atoms with Crippen molar-refractivity contribution in [1.82, 2.24) is 9.36 Å². The standard InChI is InChI=1S/C9H11ClF3N3S/c10-4-5-2-1-3-6(5)14-8-15-7(16-17-8)9(11,12)13/h5-6H,1-4H2,(H,14,15,16). The molecular formula is C9H11ClF3N3S. The molecule has 0 radical (unpaired) electrons. The van der Waals surface area contributed by atoms with Crippen LogP contribution in [0, 0.1) is 5.92 Å². The highest BCUT2D eigenvalue weighted by Gasteiger charge is 2.36. The lowest BCUT2D eigenvalue weighted by molar-refractivity contribution is -0.144. The van der Waals surface area contributed by atoms with Crippen molar-refractivity contribution in [1.29, 1.82) is 0 Å². The number of alkyl halides is 4. The van der Waals surface area contributed by atoms with Crippen LogP contribution in [0.3, 0.4) is 0 Å². The van der Waals surface area contributed by atoms with Gasteiger partial charge in [-0.3, -0.25) is 0 Å². The van der Waals surface area contributed by atoms with Crippen LogP contribution >= 0.6 is 23.1 Å². The predicted molar refractivity (Wildman–Crippen MR) is 60.4 cm³/mol. The van der Waals surface area contributed by atoms with Gasteiger partial charge in [-0.25, -0.2) is 0 Å². The topological polar surface area (TPSA) is 37.8 Å². The molecule has 2 unspecified atom stereocenters. The number of rotatable bonds is 3. The molecule has 0 bridgehead atoms. The smallest absolute Gasteiger partial charge is 0.357 e. The monoisotopic (exact) mass is 285 g/mol. The van der Waals surface area contributed by atoms with Crippen molar-refractivity contribution in [3.8, 4) is 0 Å². The van der Waals surface area contributed by atoms with Gasteiger partial charge in [0.05, 0.1) is 0 Å². The molecule has 17 heavy (non-hydrogen) atoms. The van der Waals surface area contributed by atoms with Gasteiger partial charge in [-0.05, 0) is 18.8 Å². The third-order valence-electron chi connectivity index (χ3n) is 2.85. The molecule has 2 atom stereocenters. The molecular weight excluding hydrogens is 275 g/mol. The van der Waals surface area contributed by atoms with E-state index in [1.807, 2.05) is 0 Å². The number of halogens is 4. The normalized spacial score (nSPS) is 25.2. The number of hydrogen-bond donors (Lipinski definition) is 1. The Kier molecular flexibility index (Phi) is 3.77. The van der Waals surface area contributed by atoms with E-state index in [9.17, 15) is 13.2 Å². The van der Waals surface area contributed by atoms with Gasteiger partial charge in [0.2, 0.25) is 11.0 Å². The highest BCUT2D eigenvalue weighted by Crippen LogP contribution is 2.32. The summed E-state index contributed by atoms with van der Waals surface area (Å²) in [6.07, 6.45) is -1.51. The van der Waals surface area contributed by atoms with Gasteiger partial charge in [0.15, 0.2) is 0 Å². The van der Waals surface area contributed by atoms with Gasteiger partial charge in [0, 0.05) is 23.5 Å². The zero-order valence-electron chi connectivity index (χ0n) is 8.80. The molecule has 2 rings (SSSR count). The minimum Gasteiger partial charge on any atom is -0.357 e. The molecule has 1 N–H and O–H groups in total. The molecule has 1 aromatic rings. The lowest BCUT2D eigenvalue weighted by Crippen LogP contribution is -2.25. The van der Waals surface area contributed by atoms with E-state index >= 15 is 0 Å². The Balaban J connectivity index is 2.02. The van der Waals surface area contributed by atoms with Crippen LogP contribution in [-0.2, 0) is 6.18 Å². The van der Waals surface area contributed by atoms with Crippen LogP contribution in [0.25, 0.3) is 0 Å². The van der Waals surface area contributed by atoms with Crippen molar-refractivity contribution >= 4 is 28.3 Å². The van der Waals surface area contributed by atoms with E-state index in [2.05, 4.69) is 14.7 Å². The van der Waals surface area contributed by atoms with Crippen LogP contribution in [0.4, 0.5) is 18.3 Å². The first-order chi connectivity index (χ1) is 8.00. The summed E-state index contributed by atoms with van der Waals surface area (Å²) in [6, 6.07) is 0.113. The number of anilines is 1. The van der Waals surface area contributed by atoms with E-state index in [1.54, 1.807) is 0 Å². The molecule has 0 spiro atoms. The van der Waals surface area contributed by atoms with E-state index in [1.165, 1.54) is 0 Å². The molecule has 1 heterocycles. The summed E-state index contributed by atoms with van der Waals surface area (Å²) >= 11 is 6.53. The first-order valence-corrected chi connectivity index (χ1v) is 6.55. The highest BCUT2D eigenvalue weighted by molar-refractivity contribution is 7.09. The van der Waals surface area contributed by atoms with Crippen molar-refractivity contribution in [2.45, 2.75) is 31.5 Å². The maximum atomic E-state index is 12.3. The Morgan fingerprint density at radius 1 is 1.41 bits per heavy atom. The Morgan fingerprint density at radius 2 is 2.18 bits per heavy atom. The zero-order valence-corrected chi connectivity index (χ0v) is 10.4. The second kappa shape index (κ2) is 4.97. The maximum Gasteiger partial charge on any atom is 0.452 e. The molecule has 1 fully saturated rings. The third kappa shape index (κ3) is 3.01. The first kappa shape index (κ1) is 12.9. The predicted octanol–water partition coefficient (Wildman–Crippen LogP) is 3.38. The van der Waals surface area contributed by atoms with Crippen molar-refractivity contribution in [2.24, 2.45) is 5.92 Å². The average Bonchev–Trinajstić information content (AvgIpc) is 2.86. The van der Waals surface area contributed by atoms with Gasteiger partial charge >= 0.3 is 6.18 Å². The van der Waals surface area contributed by atoms with Gasteiger partial charge < -0.3 is 5.32 Å². The molecule has 1 aliphatic carbocycles. The fraction of sp³-hybridized carbons (Fsp3) is 0.778. The molecule has 1 saturated carbocycles. The number of hydrogen-bond acceptors (Lipinski definition) is 4. The van der Waals surface area contributed by atoms with Crippen LogP contribution in [-0.4, -0.2) is 21.3 Å². The molecule has 1 aliphatic rings. The Labute approximate surface area is 106 Å². The molecule has 0 saturated heterocycles. The van der Waals surface area contributed by atoms with E-state index in [0.29, 0.717) is 11.8 Å². The fourth-order valence-corrected chi connectivity index (χ4v) is 2.99. The lowest BCUT2D eigenvalue weighted by atomic mass is 10.1. The summed E-state index contributed by atoms with van der Waals surface area (Å²) in [6.45, 7) is 0. The summed E-state index contributed by atoms with van der Waals surface area (Å²) in [7, 11) is 0. The Bertz CT molecular complexity index is 382. The fourth-order valence-electron chi connectivity index (χ4n) is 1.97. The van der Waals surface area contributed by atoms with Gasteiger partial charge in [0.1, 0.15) is 0 Å². The minimum atomic E-state index is -4.47. The second-order valence-electron chi connectivity index (χ2n) is 4.02. The largest absolute Gasteiger partial charge is 0.452 e. The molecule has 8 heteroatoms. The number of aromatic nitrogens is 2. The third-order valence-corrected chi connectivity index (χ3v) is 3.89. The molecule has 0 aromatic carbocycles. The van der Waals surface area contributed by atoms with Gasteiger partial charge in [-0.1, -0.05) is 6.42 Å². The van der Waals surface area contributed by atoms with Crippen LogP contribution in [0.15, 0.2) is 0 Å². The van der Waals surface area contributed by atoms with Gasteiger partial charge in [-0.15, -0.1) is 11.6 Å². The summed E-state index contributed by atoms with van der Waals surface area (Å²) < 4.78 is 40.2. The molecule has 0 amide bonds. The molecule has 96 valence electrons. The van der Waals surface area contributed by atoms with Crippen molar-refractivity contribution < 1.29 is 13.2 Å². The second-order valence-corrected chi connectivity index (χ2v) is 5.08. The average molecular weight is 286 g/mol. The van der Waals surface area contributed by atoms with Gasteiger partial charge in [0.25, 0.3) is 0 Å². The van der Waals surface area contributed by atoms with Crippen LogP contribution in [0.1, 0.15) is 25.1 Å². The maximum absolute atomic E-state index is 12.3. The van der Waals surface area contributed by atoms with Crippen LogP contribution in [0.2, 0.25) is 0 Å². The highest BCUT2D eigenvalue weighted by atomic mass is 35.5. The number of nitrogens with zero attached hydrogens (tertiary/aromatic N) is 2. The molecule has 3 nitrogen and oxygen atoms in total. The van der Waals surface area contributed by atoms with Gasteiger partial charge in [-0.2, -0.15) is 22.5 Å².